The van der Waals surface area contributed by atoms with Crippen LogP contribution in [0.2, 0.25) is 0 Å². The second-order valence-corrected chi connectivity index (χ2v) is 15.5. The van der Waals surface area contributed by atoms with Gasteiger partial charge in [0.2, 0.25) is 5.91 Å². The van der Waals surface area contributed by atoms with Crippen LogP contribution in [-0.2, 0) is 4.79 Å². The van der Waals surface area contributed by atoms with E-state index in [0.29, 0.717) is 30.9 Å². The van der Waals surface area contributed by atoms with Crippen LogP contribution < -0.4 is 4.90 Å². The molecule has 2 aliphatic heterocycles. The smallest absolute Gasteiger partial charge is 0.250 e. The second-order valence-electron chi connectivity index (χ2n) is 15.5. The standard InChI is InChI=1S/C37H56N4O7/c1-36(2)26-12-11-25(28(36)22-26)13-16-39-17-14-37(15-18-39)35(47)40(24-41(37)27-8-5-4-6-9-27)20-19-38(3)31(30-10-7-21-48-30)33(45)34(46)32(44)29(43)23-42/h4-10,21,25-26,28-29,31-34,42-46H,11-20,22-24H2,1-3H3. The van der Waals surface area contributed by atoms with Gasteiger partial charge in [0.1, 0.15) is 35.7 Å². The number of nitrogens with zero attached hydrogens (tertiary/aromatic N) is 4. The summed E-state index contributed by atoms with van der Waals surface area (Å²) in [6.45, 7) is 8.22. The topological polar surface area (TPSA) is 144 Å². The number of furan rings is 1. The quantitative estimate of drug-likeness (QED) is 0.204. The average Bonchev–Trinajstić information content (AvgIpc) is 3.73. The molecule has 48 heavy (non-hydrogen) atoms. The van der Waals surface area contributed by atoms with Crippen LogP contribution in [0.5, 0.6) is 0 Å². The third-order valence-electron chi connectivity index (χ3n) is 12.7. The molecule has 3 aliphatic carbocycles. The zero-order valence-corrected chi connectivity index (χ0v) is 28.8. The Morgan fingerprint density at radius 1 is 0.958 bits per heavy atom. The van der Waals surface area contributed by atoms with Crippen molar-refractivity contribution in [2.24, 2.45) is 23.2 Å². The van der Waals surface area contributed by atoms with Crippen molar-refractivity contribution in [3.05, 3.63) is 54.5 Å². The van der Waals surface area contributed by atoms with E-state index in [1.165, 1.54) is 31.9 Å². The van der Waals surface area contributed by atoms with Crippen molar-refractivity contribution in [3.63, 3.8) is 0 Å². The molecule has 1 aromatic heterocycles. The Hall–Kier alpha value is -2.51. The predicted molar refractivity (Wildman–Crippen MR) is 182 cm³/mol. The maximum atomic E-state index is 14.4. The van der Waals surface area contributed by atoms with E-state index in [2.05, 4.69) is 35.8 Å². The van der Waals surface area contributed by atoms with E-state index < -0.39 is 42.6 Å². The fourth-order valence-corrected chi connectivity index (χ4v) is 9.42. The number of piperidine rings is 1. The molecular weight excluding hydrogens is 612 g/mol. The van der Waals surface area contributed by atoms with E-state index in [4.69, 9.17) is 4.42 Å². The van der Waals surface area contributed by atoms with Crippen LogP contribution in [0.15, 0.2) is 53.1 Å². The van der Waals surface area contributed by atoms with Crippen LogP contribution in [0.1, 0.15) is 64.2 Å². The van der Waals surface area contributed by atoms with E-state index in [-0.39, 0.29) is 5.91 Å². The largest absolute Gasteiger partial charge is 0.468 e. The number of benzene rings is 1. The Balaban J connectivity index is 1.12. The minimum Gasteiger partial charge on any atom is -0.468 e. The van der Waals surface area contributed by atoms with Crippen molar-refractivity contribution in [2.75, 3.05) is 57.9 Å². The summed E-state index contributed by atoms with van der Waals surface area (Å²) in [6.07, 6.45) is 1.70. The number of amides is 1. The van der Waals surface area contributed by atoms with Gasteiger partial charge in [-0.3, -0.25) is 9.69 Å². The van der Waals surface area contributed by atoms with Crippen LogP contribution >= 0.6 is 0 Å². The minimum atomic E-state index is -1.76. The number of fused-ring (bicyclic) bond motifs is 2. The van der Waals surface area contributed by atoms with Crippen molar-refractivity contribution < 1.29 is 34.7 Å². The molecule has 266 valence electrons. The molecule has 1 aromatic carbocycles. The van der Waals surface area contributed by atoms with Gasteiger partial charge in [-0.15, -0.1) is 0 Å². The molecule has 1 amide bonds. The molecule has 8 atom stereocenters. The SMILES string of the molecule is CN(CCN1CN(c2ccccc2)C2(CCN(CCC3CCC4CC3C4(C)C)CC2)C1=O)C(c1ccco1)C(O)C(O)C(O)C(O)CO. The Kier molecular flexibility index (Phi) is 10.6. The third kappa shape index (κ3) is 6.55. The van der Waals surface area contributed by atoms with Gasteiger partial charge in [-0.25, -0.2) is 0 Å². The van der Waals surface area contributed by atoms with Crippen molar-refractivity contribution in [1.82, 2.24) is 14.7 Å². The van der Waals surface area contributed by atoms with Gasteiger partial charge in [-0.05, 0) is 99.6 Å². The van der Waals surface area contributed by atoms with Gasteiger partial charge in [0.25, 0.3) is 0 Å². The first-order valence-corrected chi connectivity index (χ1v) is 17.9. The van der Waals surface area contributed by atoms with Gasteiger partial charge in [-0.1, -0.05) is 32.0 Å². The van der Waals surface area contributed by atoms with E-state index in [9.17, 15) is 30.3 Å². The molecule has 3 saturated carbocycles. The Morgan fingerprint density at radius 2 is 1.69 bits per heavy atom. The van der Waals surface area contributed by atoms with Crippen LogP contribution in [0.4, 0.5) is 5.69 Å². The predicted octanol–water partition coefficient (Wildman–Crippen LogP) is 2.29. The molecule has 0 radical (unpaired) electrons. The Bertz CT molecular complexity index is 1330. The Labute approximate surface area is 284 Å². The highest BCUT2D eigenvalue weighted by molar-refractivity contribution is 5.93. The van der Waals surface area contributed by atoms with Crippen molar-refractivity contribution in [2.45, 2.75) is 88.4 Å². The Morgan fingerprint density at radius 3 is 2.31 bits per heavy atom. The van der Waals surface area contributed by atoms with Gasteiger partial charge in [-0.2, -0.15) is 0 Å². The summed E-state index contributed by atoms with van der Waals surface area (Å²) in [5, 5.41) is 51.3. The lowest BCUT2D eigenvalue weighted by molar-refractivity contribution is -0.136. The lowest BCUT2D eigenvalue weighted by atomic mass is 9.45. The average molecular weight is 669 g/mol. The van der Waals surface area contributed by atoms with Crippen LogP contribution in [-0.4, -0.2) is 129 Å². The first-order chi connectivity index (χ1) is 23.0. The molecule has 1 spiro atoms. The number of carbonyl (C=O) groups excluding carboxylic acids is 1. The number of anilines is 1. The van der Waals surface area contributed by atoms with Crippen molar-refractivity contribution >= 4 is 11.6 Å². The van der Waals surface area contributed by atoms with Gasteiger partial charge in [0.15, 0.2) is 0 Å². The van der Waals surface area contributed by atoms with E-state index in [1.807, 2.05) is 23.1 Å². The fourth-order valence-electron chi connectivity index (χ4n) is 9.42. The molecule has 11 heteroatoms. The molecule has 2 aromatic rings. The number of hydrogen-bond donors (Lipinski definition) is 5. The number of hydrogen-bond acceptors (Lipinski definition) is 10. The summed E-state index contributed by atoms with van der Waals surface area (Å²) in [5.41, 5.74) is 0.909. The number of likely N-dealkylation sites (N-methyl/N-ethyl adjacent to an activating group) is 1. The van der Waals surface area contributed by atoms with E-state index in [1.54, 1.807) is 24.1 Å². The number of para-hydroxylation sites is 1. The zero-order chi connectivity index (χ0) is 34.2. The molecule has 5 aliphatic rings. The molecule has 2 bridgehead atoms. The van der Waals surface area contributed by atoms with E-state index >= 15 is 0 Å². The fraction of sp³-hybridized carbons (Fsp3) is 0.703. The first kappa shape index (κ1) is 35.3. The number of rotatable bonds is 14. The van der Waals surface area contributed by atoms with Crippen molar-refractivity contribution in [1.29, 1.82) is 0 Å². The number of aliphatic hydroxyl groups is 5. The van der Waals surface area contributed by atoms with Gasteiger partial charge < -0.3 is 44.6 Å². The highest BCUT2D eigenvalue weighted by atomic mass is 16.4. The van der Waals surface area contributed by atoms with Gasteiger partial charge >= 0.3 is 0 Å². The number of likely N-dealkylation sites (tertiary alicyclic amines) is 1. The molecule has 11 nitrogen and oxygen atoms in total. The summed E-state index contributed by atoms with van der Waals surface area (Å²) in [5.74, 6) is 3.07. The van der Waals surface area contributed by atoms with E-state index in [0.717, 1.165) is 55.9 Å². The van der Waals surface area contributed by atoms with Crippen LogP contribution in [0.25, 0.3) is 0 Å². The highest BCUT2D eigenvalue weighted by Crippen LogP contribution is 2.62. The highest BCUT2D eigenvalue weighted by Gasteiger charge is 2.55. The maximum absolute atomic E-state index is 14.4. The summed E-state index contributed by atoms with van der Waals surface area (Å²) in [4.78, 5) is 22.9. The first-order valence-electron chi connectivity index (χ1n) is 17.9. The second kappa shape index (κ2) is 14.4. The lowest BCUT2D eigenvalue weighted by Gasteiger charge is -2.60. The van der Waals surface area contributed by atoms with Crippen molar-refractivity contribution in [3.8, 4) is 0 Å². The molecule has 7 rings (SSSR count). The molecule has 8 unspecified atom stereocenters. The molecular formula is C37H56N4O7. The molecule has 2 saturated heterocycles. The summed E-state index contributed by atoms with van der Waals surface area (Å²) in [6, 6.07) is 12.6. The summed E-state index contributed by atoms with van der Waals surface area (Å²) in [7, 11) is 1.76. The lowest BCUT2D eigenvalue weighted by Crippen LogP contribution is -2.57. The monoisotopic (exact) mass is 668 g/mol. The maximum Gasteiger partial charge on any atom is 0.250 e. The number of aliphatic hydroxyl groups excluding tert-OH is 5. The number of carbonyl (C=O) groups is 1. The molecule has 3 heterocycles. The summed E-state index contributed by atoms with van der Waals surface area (Å²) >= 11 is 0. The van der Waals surface area contributed by atoms with Gasteiger partial charge in [0.05, 0.1) is 25.6 Å². The zero-order valence-electron chi connectivity index (χ0n) is 28.8. The normalized spacial score (nSPS) is 28.4. The van der Waals surface area contributed by atoms with Crippen LogP contribution in [0, 0.1) is 23.2 Å². The van der Waals surface area contributed by atoms with Gasteiger partial charge in [0, 0.05) is 31.9 Å². The molecule has 5 N–H and O–H groups in total. The van der Waals surface area contributed by atoms with Crippen LogP contribution in [0.3, 0.4) is 0 Å². The molecule has 5 fully saturated rings. The third-order valence-corrected chi connectivity index (χ3v) is 12.7. The minimum absolute atomic E-state index is 0.116. The summed E-state index contributed by atoms with van der Waals surface area (Å²) < 4.78 is 5.60.